The number of likely N-dealkylation sites (tertiary alicyclic amines) is 1. The Morgan fingerprint density at radius 2 is 1.92 bits per heavy atom. The standard InChI is InChI=1S/C19H30N4O2S/c1-14-9-15(2)11-23(10-14)18(24)12-21-4-6-22(7-5-21)19-20-16-3-8-25-13-17(16)26-19/h14-15H,3-13H2,1-2H3. The highest BCUT2D eigenvalue weighted by molar-refractivity contribution is 7.15. The van der Waals surface area contributed by atoms with E-state index < -0.39 is 0 Å². The fourth-order valence-electron chi connectivity index (χ4n) is 4.40. The van der Waals surface area contributed by atoms with Gasteiger partial charge in [0.1, 0.15) is 0 Å². The lowest BCUT2D eigenvalue weighted by molar-refractivity contribution is -0.135. The predicted octanol–water partition coefficient (Wildman–Crippen LogP) is 1.84. The molecule has 3 aliphatic rings. The van der Waals surface area contributed by atoms with Gasteiger partial charge in [0.05, 0.1) is 30.3 Å². The van der Waals surface area contributed by atoms with Crippen molar-refractivity contribution in [1.29, 1.82) is 0 Å². The minimum absolute atomic E-state index is 0.304. The fourth-order valence-corrected chi connectivity index (χ4v) is 5.50. The summed E-state index contributed by atoms with van der Waals surface area (Å²) in [5.74, 6) is 1.55. The van der Waals surface area contributed by atoms with E-state index in [4.69, 9.17) is 9.72 Å². The molecule has 3 aliphatic heterocycles. The van der Waals surface area contributed by atoms with E-state index in [0.717, 1.165) is 57.4 Å². The molecule has 2 saturated heterocycles. The molecule has 0 bridgehead atoms. The number of hydrogen-bond acceptors (Lipinski definition) is 6. The van der Waals surface area contributed by atoms with Gasteiger partial charge < -0.3 is 14.5 Å². The second kappa shape index (κ2) is 7.82. The van der Waals surface area contributed by atoms with Crippen molar-refractivity contribution in [2.75, 3.05) is 57.3 Å². The van der Waals surface area contributed by atoms with Gasteiger partial charge in [-0.1, -0.05) is 25.2 Å². The van der Waals surface area contributed by atoms with E-state index >= 15 is 0 Å². The summed E-state index contributed by atoms with van der Waals surface area (Å²) < 4.78 is 5.53. The Bertz CT molecular complexity index is 608. The Balaban J connectivity index is 1.28. The third-order valence-corrected chi connectivity index (χ3v) is 6.84. The van der Waals surface area contributed by atoms with Gasteiger partial charge in [0.2, 0.25) is 5.91 Å². The molecule has 2 unspecified atom stereocenters. The summed E-state index contributed by atoms with van der Waals surface area (Å²) in [7, 11) is 0. The topological polar surface area (TPSA) is 48.9 Å². The Morgan fingerprint density at radius 1 is 1.19 bits per heavy atom. The van der Waals surface area contributed by atoms with Gasteiger partial charge in [0, 0.05) is 45.7 Å². The van der Waals surface area contributed by atoms with Crippen LogP contribution in [0.2, 0.25) is 0 Å². The number of ether oxygens (including phenoxy) is 1. The van der Waals surface area contributed by atoms with Gasteiger partial charge in [0.25, 0.3) is 0 Å². The second-order valence-electron chi connectivity index (χ2n) is 8.18. The molecule has 1 aromatic heterocycles. The average Bonchev–Trinajstić information content (AvgIpc) is 3.05. The number of piperazine rings is 1. The number of hydrogen-bond donors (Lipinski definition) is 0. The normalized spacial score (nSPS) is 27.5. The smallest absolute Gasteiger partial charge is 0.236 e. The lowest BCUT2D eigenvalue weighted by Gasteiger charge is -2.38. The lowest BCUT2D eigenvalue weighted by Crippen LogP contribution is -2.52. The summed E-state index contributed by atoms with van der Waals surface area (Å²) in [5, 5.41) is 1.13. The predicted molar refractivity (Wildman–Crippen MR) is 104 cm³/mol. The first-order chi connectivity index (χ1) is 12.6. The van der Waals surface area contributed by atoms with Crippen LogP contribution in [0.3, 0.4) is 0 Å². The Morgan fingerprint density at radius 3 is 2.62 bits per heavy atom. The fraction of sp³-hybridized carbons (Fsp3) is 0.789. The van der Waals surface area contributed by atoms with Crippen molar-refractivity contribution in [3.05, 3.63) is 10.6 Å². The summed E-state index contributed by atoms with van der Waals surface area (Å²) in [6.07, 6.45) is 2.18. The van der Waals surface area contributed by atoms with Crippen LogP contribution in [0.4, 0.5) is 5.13 Å². The number of rotatable bonds is 3. The number of nitrogens with zero attached hydrogens (tertiary/aromatic N) is 4. The van der Waals surface area contributed by atoms with Crippen LogP contribution in [0.5, 0.6) is 0 Å². The van der Waals surface area contributed by atoms with Crippen LogP contribution in [-0.4, -0.2) is 73.1 Å². The molecule has 0 aromatic carbocycles. The molecular weight excluding hydrogens is 348 g/mol. The average molecular weight is 379 g/mol. The van der Waals surface area contributed by atoms with Crippen molar-refractivity contribution in [2.24, 2.45) is 11.8 Å². The number of aromatic nitrogens is 1. The van der Waals surface area contributed by atoms with E-state index in [0.29, 0.717) is 30.9 Å². The zero-order chi connectivity index (χ0) is 18.1. The monoisotopic (exact) mass is 378 g/mol. The highest BCUT2D eigenvalue weighted by atomic mass is 32.1. The summed E-state index contributed by atoms with van der Waals surface area (Å²) in [6.45, 7) is 12.2. The molecule has 4 rings (SSSR count). The van der Waals surface area contributed by atoms with E-state index in [1.165, 1.54) is 17.0 Å². The molecule has 2 atom stereocenters. The molecule has 0 N–H and O–H groups in total. The summed E-state index contributed by atoms with van der Waals surface area (Å²) in [5.41, 5.74) is 1.22. The second-order valence-corrected chi connectivity index (χ2v) is 9.24. The maximum Gasteiger partial charge on any atom is 0.236 e. The van der Waals surface area contributed by atoms with Crippen LogP contribution in [0.1, 0.15) is 30.8 Å². The zero-order valence-corrected chi connectivity index (χ0v) is 16.8. The molecule has 0 aliphatic carbocycles. The summed E-state index contributed by atoms with van der Waals surface area (Å²) in [6, 6.07) is 0. The first-order valence-corrected chi connectivity index (χ1v) is 10.7. The molecule has 1 amide bonds. The van der Waals surface area contributed by atoms with Gasteiger partial charge in [-0.05, 0) is 18.3 Å². The molecule has 6 nitrogen and oxygen atoms in total. The minimum Gasteiger partial charge on any atom is -0.375 e. The van der Waals surface area contributed by atoms with Gasteiger partial charge in [-0.3, -0.25) is 9.69 Å². The molecular formula is C19H30N4O2S. The third kappa shape index (κ3) is 4.05. The van der Waals surface area contributed by atoms with Gasteiger partial charge in [-0.2, -0.15) is 0 Å². The van der Waals surface area contributed by atoms with Gasteiger partial charge in [-0.25, -0.2) is 4.98 Å². The highest BCUT2D eigenvalue weighted by Gasteiger charge is 2.28. The Hall–Kier alpha value is -1.18. The van der Waals surface area contributed by atoms with Crippen molar-refractivity contribution in [3.8, 4) is 0 Å². The molecule has 1 aromatic rings. The van der Waals surface area contributed by atoms with Crippen LogP contribution in [0.25, 0.3) is 0 Å². The number of piperidine rings is 1. The largest absolute Gasteiger partial charge is 0.375 e. The number of anilines is 1. The lowest BCUT2D eigenvalue weighted by atomic mass is 9.92. The maximum atomic E-state index is 12.7. The van der Waals surface area contributed by atoms with Gasteiger partial charge in [-0.15, -0.1) is 0 Å². The van der Waals surface area contributed by atoms with E-state index in [-0.39, 0.29) is 0 Å². The van der Waals surface area contributed by atoms with E-state index in [9.17, 15) is 4.79 Å². The van der Waals surface area contributed by atoms with Crippen molar-refractivity contribution in [1.82, 2.24) is 14.8 Å². The number of amides is 1. The SMILES string of the molecule is CC1CC(C)CN(C(=O)CN2CCN(c3nc4c(s3)COCC4)CC2)C1. The Labute approximate surface area is 160 Å². The molecule has 4 heterocycles. The first-order valence-electron chi connectivity index (χ1n) is 9.90. The highest BCUT2D eigenvalue weighted by Crippen LogP contribution is 2.30. The van der Waals surface area contributed by atoms with Crippen molar-refractivity contribution in [2.45, 2.75) is 33.3 Å². The molecule has 0 spiro atoms. The quantitative estimate of drug-likeness (QED) is 0.803. The summed E-state index contributed by atoms with van der Waals surface area (Å²) in [4.78, 5) is 25.6. The van der Waals surface area contributed by atoms with Crippen molar-refractivity contribution in [3.63, 3.8) is 0 Å². The number of fused-ring (bicyclic) bond motifs is 1. The van der Waals surface area contributed by atoms with E-state index in [2.05, 4.69) is 28.5 Å². The van der Waals surface area contributed by atoms with E-state index in [1.807, 2.05) is 0 Å². The van der Waals surface area contributed by atoms with Crippen LogP contribution in [-0.2, 0) is 22.6 Å². The maximum absolute atomic E-state index is 12.7. The number of carbonyl (C=O) groups excluding carboxylic acids is 1. The molecule has 7 heteroatoms. The van der Waals surface area contributed by atoms with Crippen LogP contribution in [0.15, 0.2) is 0 Å². The molecule has 26 heavy (non-hydrogen) atoms. The van der Waals surface area contributed by atoms with Crippen molar-refractivity contribution < 1.29 is 9.53 Å². The molecule has 0 radical (unpaired) electrons. The van der Waals surface area contributed by atoms with Gasteiger partial charge >= 0.3 is 0 Å². The van der Waals surface area contributed by atoms with Gasteiger partial charge in [0.15, 0.2) is 5.13 Å². The van der Waals surface area contributed by atoms with Crippen molar-refractivity contribution >= 4 is 22.4 Å². The number of carbonyl (C=O) groups is 1. The molecule has 0 saturated carbocycles. The molecule has 2 fully saturated rings. The minimum atomic E-state index is 0.304. The molecule has 144 valence electrons. The van der Waals surface area contributed by atoms with Crippen LogP contribution >= 0.6 is 11.3 Å². The third-order valence-electron chi connectivity index (χ3n) is 5.71. The van der Waals surface area contributed by atoms with E-state index in [1.54, 1.807) is 11.3 Å². The van der Waals surface area contributed by atoms with Crippen LogP contribution < -0.4 is 4.90 Å². The summed E-state index contributed by atoms with van der Waals surface area (Å²) >= 11 is 1.78. The number of thiazole rings is 1. The Kier molecular flexibility index (Phi) is 5.47. The zero-order valence-electron chi connectivity index (χ0n) is 15.9. The first kappa shape index (κ1) is 18.2. The van der Waals surface area contributed by atoms with Crippen LogP contribution in [0, 0.1) is 11.8 Å².